The van der Waals surface area contributed by atoms with Crippen LogP contribution in [0.2, 0.25) is 0 Å². The van der Waals surface area contributed by atoms with Crippen molar-refractivity contribution in [2.45, 2.75) is 11.8 Å². The quantitative estimate of drug-likeness (QED) is 0.0411. The van der Waals surface area contributed by atoms with Crippen LogP contribution in [0.25, 0.3) is 0 Å². The van der Waals surface area contributed by atoms with E-state index in [2.05, 4.69) is 6.58 Å². The van der Waals surface area contributed by atoms with Gasteiger partial charge in [0.25, 0.3) is 10.1 Å². The summed E-state index contributed by atoms with van der Waals surface area (Å²) in [7, 11) is -3.76. The zero-order valence-electron chi connectivity index (χ0n) is 30.0. The number of rotatable bonds is 39. The lowest BCUT2D eigenvalue weighted by molar-refractivity contribution is -0.140. The molecule has 16 nitrogen and oxygen atoms in total. The zero-order valence-corrected chi connectivity index (χ0v) is 30.8. The van der Waals surface area contributed by atoms with Crippen molar-refractivity contribution in [1.82, 2.24) is 0 Å². The van der Waals surface area contributed by atoms with Gasteiger partial charge in [-0.25, -0.2) is 4.79 Å². The number of hydrogen-bond donors (Lipinski definition) is 0. The Morgan fingerprint density at radius 3 is 0.980 bits per heavy atom. The van der Waals surface area contributed by atoms with Crippen molar-refractivity contribution in [2.24, 2.45) is 0 Å². The van der Waals surface area contributed by atoms with E-state index in [9.17, 15) is 13.2 Å². The highest BCUT2D eigenvalue weighted by Gasteiger charge is 2.13. The van der Waals surface area contributed by atoms with Gasteiger partial charge in [0.2, 0.25) is 0 Å². The fourth-order valence-electron chi connectivity index (χ4n) is 3.48. The van der Waals surface area contributed by atoms with Gasteiger partial charge in [-0.1, -0.05) is 24.8 Å². The van der Waals surface area contributed by atoms with Crippen molar-refractivity contribution in [2.75, 3.05) is 159 Å². The van der Waals surface area contributed by atoms with E-state index in [0.717, 1.165) is 0 Å². The van der Waals surface area contributed by atoms with E-state index < -0.39 is 16.1 Å². The lowest BCUT2D eigenvalue weighted by Crippen LogP contribution is -2.16. The third-order valence-electron chi connectivity index (χ3n) is 6.03. The Morgan fingerprint density at radius 1 is 0.451 bits per heavy atom. The Kier molecular flexibility index (Phi) is 32.2. The molecular weight excluding hydrogens is 696 g/mol. The van der Waals surface area contributed by atoms with Crippen molar-refractivity contribution in [1.29, 1.82) is 0 Å². The Bertz CT molecular complexity index is 1040. The van der Waals surface area contributed by atoms with Crippen LogP contribution in [0.4, 0.5) is 0 Å². The maximum Gasteiger partial charge on any atom is 0.333 e. The lowest BCUT2D eigenvalue weighted by Gasteiger charge is -2.09. The molecule has 0 aromatic heterocycles. The molecule has 0 aliphatic rings. The average molecular weight is 755 g/mol. The molecule has 17 heteroatoms. The summed E-state index contributed by atoms with van der Waals surface area (Å²) in [4.78, 5) is 11.3. The first kappa shape index (κ1) is 46.9. The topological polar surface area (TPSA) is 171 Å². The molecule has 0 radical (unpaired) electrons. The molecule has 0 amide bonds. The largest absolute Gasteiger partial charge is 0.460 e. The first-order valence-electron chi connectivity index (χ1n) is 17.1. The summed E-state index contributed by atoms with van der Waals surface area (Å²) in [5.41, 5.74) is 0.363. The van der Waals surface area contributed by atoms with Gasteiger partial charge in [-0.15, -0.1) is 0 Å². The highest BCUT2D eigenvalue weighted by atomic mass is 32.2. The first-order chi connectivity index (χ1) is 24.9. The monoisotopic (exact) mass is 754 g/mol. The molecule has 0 aliphatic carbocycles. The molecule has 0 aliphatic heterocycles. The summed E-state index contributed by atoms with van der Waals surface area (Å²) in [5.74, 6) is -0.420. The minimum atomic E-state index is -3.76. The van der Waals surface area contributed by atoms with Gasteiger partial charge in [0.15, 0.2) is 0 Å². The fourth-order valence-corrected chi connectivity index (χ4v) is 4.39. The normalized spacial score (nSPS) is 11.6. The Morgan fingerprint density at radius 2 is 0.706 bits per heavy atom. The molecule has 0 bridgehead atoms. The Labute approximate surface area is 302 Å². The highest BCUT2D eigenvalue weighted by Crippen LogP contribution is 2.10. The molecule has 1 rings (SSSR count). The SMILES string of the molecule is C=C(C)C(=O)OCCOCCOCCOCCOCCOCCOCCOCCOCCOCCOCCOCCOS(=O)(=O)c1ccccc1. The van der Waals surface area contributed by atoms with E-state index in [1.165, 1.54) is 12.1 Å². The van der Waals surface area contributed by atoms with Gasteiger partial charge in [-0.05, 0) is 19.1 Å². The molecule has 0 saturated carbocycles. The van der Waals surface area contributed by atoms with Crippen LogP contribution < -0.4 is 0 Å². The Hall–Kier alpha value is -2.10. The predicted octanol–water partition coefficient (Wildman–Crippen LogP) is 1.69. The number of esters is 1. The molecule has 1 aromatic carbocycles. The smallest absolute Gasteiger partial charge is 0.333 e. The van der Waals surface area contributed by atoms with Gasteiger partial charge in [0.05, 0.1) is 157 Å². The second kappa shape index (κ2) is 35.0. The van der Waals surface area contributed by atoms with Crippen LogP contribution in [0, 0.1) is 0 Å². The van der Waals surface area contributed by atoms with E-state index in [-0.39, 0.29) is 24.7 Å². The molecule has 0 saturated heterocycles. The van der Waals surface area contributed by atoms with Crippen molar-refractivity contribution in [3.8, 4) is 0 Å². The predicted molar refractivity (Wildman–Crippen MR) is 184 cm³/mol. The number of hydrogen-bond acceptors (Lipinski definition) is 16. The minimum Gasteiger partial charge on any atom is -0.460 e. The van der Waals surface area contributed by atoms with E-state index in [4.69, 9.17) is 61.0 Å². The van der Waals surface area contributed by atoms with Crippen LogP contribution in [0.15, 0.2) is 47.4 Å². The van der Waals surface area contributed by atoms with Gasteiger partial charge in [-0.3, -0.25) is 4.18 Å². The summed E-state index contributed by atoms with van der Waals surface area (Å²) in [6.45, 7) is 14.6. The minimum absolute atomic E-state index is 0.0642. The highest BCUT2D eigenvalue weighted by molar-refractivity contribution is 7.86. The molecule has 0 heterocycles. The van der Waals surface area contributed by atoms with Crippen molar-refractivity contribution in [3.05, 3.63) is 42.5 Å². The molecule has 0 atom stereocenters. The van der Waals surface area contributed by atoms with Gasteiger partial charge < -0.3 is 56.8 Å². The molecule has 296 valence electrons. The van der Waals surface area contributed by atoms with E-state index >= 15 is 0 Å². The van der Waals surface area contributed by atoms with Crippen LogP contribution in [0.5, 0.6) is 0 Å². The van der Waals surface area contributed by atoms with Gasteiger partial charge >= 0.3 is 5.97 Å². The number of ether oxygens (including phenoxy) is 12. The summed E-state index contributed by atoms with van der Waals surface area (Å²) in [6, 6.07) is 7.96. The molecule has 0 unspecified atom stereocenters. The van der Waals surface area contributed by atoms with Crippen LogP contribution in [-0.4, -0.2) is 173 Å². The van der Waals surface area contributed by atoms with Crippen LogP contribution in [-0.2, 0) is 75.9 Å². The summed E-state index contributed by atoms with van der Waals surface area (Å²) >= 11 is 0. The van der Waals surface area contributed by atoms with Crippen molar-refractivity contribution in [3.63, 3.8) is 0 Å². The van der Waals surface area contributed by atoms with E-state index in [1.54, 1.807) is 25.1 Å². The summed E-state index contributed by atoms with van der Waals surface area (Å²) < 4.78 is 93.4. The van der Waals surface area contributed by atoms with Crippen molar-refractivity contribution < 1.29 is 74.2 Å². The maximum absolute atomic E-state index is 12.0. The van der Waals surface area contributed by atoms with Crippen molar-refractivity contribution >= 4 is 16.1 Å². The van der Waals surface area contributed by atoms with E-state index in [0.29, 0.717) is 144 Å². The molecule has 51 heavy (non-hydrogen) atoms. The maximum atomic E-state index is 12.0. The standard InChI is InChI=1S/C34H58O16S/c1-32(2)34(35)49-30-28-47-26-24-45-22-20-43-18-16-41-14-12-39-10-8-38-9-11-40-13-15-42-17-19-44-21-23-46-25-27-48-29-31-50-51(36,37)33-6-4-3-5-7-33/h3-7H,1,8-31H2,2H3. The van der Waals surface area contributed by atoms with Crippen LogP contribution in [0.1, 0.15) is 6.92 Å². The summed E-state index contributed by atoms with van der Waals surface area (Å²) in [6.07, 6.45) is 0. The zero-order chi connectivity index (χ0) is 36.9. The number of carbonyl (C=O) groups excluding carboxylic acids is 1. The van der Waals surface area contributed by atoms with E-state index in [1.807, 2.05) is 0 Å². The number of carbonyl (C=O) groups is 1. The Balaban J connectivity index is 1.66. The molecule has 0 N–H and O–H groups in total. The third-order valence-corrected chi connectivity index (χ3v) is 7.35. The molecule has 0 fully saturated rings. The average Bonchev–Trinajstić information content (AvgIpc) is 3.13. The van der Waals surface area contributed by atoms with Gasteiger partial charge in [-0.2, -0.15) is 8.42 Å². The van der Waals surface area contributed by atoms with Crippen LogP contribution >= 0.6 is 0 Å². The second-order valence-electron chi connectivity index (χ2n) is 10.2. The summed E-state index contributed by atoms with van der Waals surface area (Å²) in [5, 5.41) is 0. The lowest BCUT2D eigenvalue weighted by atomic mass is 10.4. The molecule has 0 spiro atoms. The van der Waals surface area contributed by atoms with Gasteiger partial charge in [0.1, 0.15) is 6.61 Å². The number of benzene rings is 1. The molecular formula is C34H58O16S. The van der Waals surface area contributed by atoms with Crippen LogP contribution in [0.3, 0.4) is 0 Å². The third kappa shape index (κ3) is 31.2. The molecule has 1 aromatic rings. The second-order valence-corrected chi connectivity index (χ2v) is 11.9. The van der Waals surface area contributed by atoms with Gasteiger partial charge in [0, 0.05) is 5.57 Å². The first-order valence-corrected chi connectivity index (χ1v) is 18.5. The fraction of sp³-hybridized carbons (Fsp3) is 0.735.